The van der Waals surface area contributed by atoms with Gasteiger partial charge in [-0.3, -0.25) is 4.79 Å². The largest absolute Gasteiger partial charge is 0.348 e. The summed E-state index contributed by atoms with van der Waals surface area (Å²) in [6.07, 6.45) is 1.89. The van der Waals surface area contributed by atoms with Crippen LogP contribution in [0.15, 0.2) is 29.2 Å². The second-order valence-electron chi connectivity index (χ2n) is 5.97. The van der Waals surface area contributed by atoms with Crippen molar-refractivity contribution in [2.45, 2.75) is 30.7 Å². The van der Waals surface area contributed by atoms with Crippen LogP contribution in [0.2, 0.25) is 0 Å². The third kappa shape index (κ3) is 3.35. The zero-order valence-corrected chi connectivity index (χ0v) is 14.1. The monoisotopic (exact) mass is 340 g/mol. The molecule has 2 rings (SSSR count). The number of hydrogen-bond acceptors (Lipinski definition) is 5. The number of amides is 1. The van der Waals surface area contributed by atoms with Crippen molar-refractivity contribution in [2.75, 3.05) is 20.1 Å². The van der Waals surface area contributed by atoms with Gasteiger partial charge >= 0.3 is 5.91 Å². The minimum absolute atomic E-state index is 0.121. The van der Waals surface area contributed by atoms with Crippen LogP contribution in [0.4, 0.5) is 0 Å². The van der Waals surface area contributed by atoms with Crippen molar-refractivity contribution >= 4 is 22.2 Å². The fraction of sp³-hybridized carbons (Fsp3) is 0.467. The van der Waals surface area contributed by atoms with Gasteiger partial charge in [-0.25, -0.2) is 13.2 Å². The molecule has 8 heteroatoms. The lowest BCUT2D eigenvalue weighted by Crippen LogP contribution is -2.64. The lowest BCUT2D eigenvalue weighted by Gasteiger charge is -2.30. The van der Waals surface area contributed by atoms with Crippen LogP contribution >= 0.6 is 0 Å². The Morgan fingerprint density at radius 1 is 1.39 bits per heavy atom. The zero-order valence-electron chi connectivity index (χ0n) is 13.3. The molecule has 0 aromatic heterocycles. The number of nitrogens with two attached hydrogens (primary N) is 1. The molecule has 2 atom stereocenters. The Bertz CT molecular complexity index is 702. The molecule has 0 spiro atoms. The summed E-state index contributed by atoms with van der Waals surface area (Å²) in [5, 5.41) is 0. The van der Waals surface area contributed by atoms with Gasteiger partial charge < -0.3 is 0 Å². The number of likely N-dealkylation sites (N-methyl/N-ethyl adjacent to an activating group) is 1. The highest BCUT2D eigenvalue weighted by molar-refractivity contribution is 7.89. The molecule has 1 fully saturated rings. The number of carbonyl (C=O) groups excluding carboxylic acids is 2. The predicted molar refractivity (Wildman–Crippen MR) is 84.4 cm³/mol. The van der Waals surface area contributed by atoms with Crippen molar-refractivity contribution in [3.8, 4) is 0 Å². The van der Waals surface area contributed by atoms with E-state index in [1.165, 1.54) is 19.2 Å². The van der Waals surface area contributed by atoms with Gasteiger partial charge in [0.15, 0.2) is 12.3 Å². The average molecular weight is 340 g/mol. The highest BCUT2D eigenvalue weighted by Gasteiger charge is 2.46. The van der Waals surface area contributed by atoms with E-state index in [-0.39, 0.29) is 11.4 Å². The first kappa shape index (κ1) is 17.7. The third-order valence-electron chi connectivity index (χ3n) is 4.33. The number of carbonyl (C=O) groups is 2. The van der Waals surface area contributed by atoms with Crippen molar-refractivity contribution in [1.29, 1.82) is 0 Å². The Kier molecular flexibility index (Phi) is 5.00. The van der Waals surface area contributed by atoms with E-state index < -0.39 is 26.6 Å². The van der Waals surface area contributed by atoms with Crippen LogP contribution in [-0.2, 0) is 19.6 Å². The molecule has 0 bridgehead atoms. The molecule has 1 aliphatic heterocycles. The molecular formula is C15H22N3O4S+. The van der Waals surface area contributed by atoms with Crippen LogP contribution in [0.5, 0.6) is 0 Å². The van der Waals surface area contributed by atoms with Gasteiger partial charge in [0.25, 0.3) is 0 Å². The summed E-state index contributed by atoms with van der Waals surface area (Å²) in [6, 6.07) is 5.80. The third-order valence-corrected chi connectivity index (χ3v) is 6.15. The minimum Gasteiger partial charge on any atom is -0.297 e. The molecule has 23 heavy (non-hydrogen) atoms. The van der Waals surface area contributed by atoms with Crippen molar-refractivity contribution in [1.82, 2.24) is 4.31 Å². The predicted octanol–water partition coefficient (Wildman–Crippen LogP) is 0.194. The van der Waals surface area contributed by atoms with Crippen LogP contribution in [0, 0.1) is 6.92 Å². The van der Waals surface area contributed by atoms with Crippen molar-refractivity contribution in [3.63, 3.8) is 0 Å². The van der Waals surface area contributed by atoms with Gasteiger partial charge in [0, 0.05) is 19.9 Å². The number of likely N-dealkylation sites (tertiary alicyclic amines) is 1. The van der Waals surface area contributed by atoms with Gasteiger partial charge in [0.1, 0.15) is 13.1 Å². The first-order valence-electron chi connectivity index (χ1n) is 7.40. The lowest BCUT2D eigenvalue weighted by atomic mass is 10.2. The van der Waals surface area contributed by atoms with Gasteiger partial charge in [-0.1, -0.05) is 17.7 Å². The lowest BCUT2D eigenvalue weighted by molar-refractivity contribution is -0.868. The first-order valence-corrected chi connectivity index (χ1v) is 8.84. The summed E-state index contributed by atoms with van der Waals surface area (Å²) in [4.78, 5) is 23.7. The van der Waals surface area contributed by atoms with Crippen molar-refractivity contribution in [3.05, 3.63) is 29.8 Å². The SMILES string of the molecule is Cc1ccc(S(=O)(=O)N(C)CC(=O)[N+]2(N)CCC[C@H]2C=O)cc1. The molecule has 1 unspecified atom stereocenters. The van der Waals surface area contributed by atoms with Crippen LogP contribution in [-0.4, -0.2) is 55.7 Å². The summed E-state index contributed by atoms with van der Waals surface area (Å²) in [5.74, 6) is 5.57. The molecule has 0 saturated carbocycles. The topological polar surface area (TPSA) is 97.5 Å². The quantitative estimate of drug-likeness (QED) is 0.357. The fourth-order valence-electron chi connectivity index (χ4n) is 2.74. The van der Waals surface area contributed by atoms with E-state index in [1.807, 2.05) is 6.92 Å². The Morgan fingerprint density at radius 2 is 2.00 bits per heavy atom. The molecule has 1 aromatic carbocycles. The highest BCUT2D eigenvalue weighted by Crippen LogP contribution is 2.22. The standard InChI is InChI=1S/C15H22N3O4S/c1-12-5-7-14(8-6-12)23(21,22)17(2)10-15(20)18(16)9-3-4-13(18)11-19/h5-8,11,13H,3-4,9-10,16H2,1-2H3/q+1/t13-,18?/m0/s1. The Labute approximate surface area is 136 Å². The maximum atomic E-state index is 12.5. The van der Waals surface area contributed by atoms with Gasteiger partial charge in [0.2, 0.25) is 10.0 Å². The number of sulfonamides is 1. The van der Waals surface area contributed by atoms with Crippen LogP contribution in [0.1, 0.15) is 18.4 Å². The summed E-state index contributed by atoms with van der Waals surface area (Å²) >= 11 is 0. The van der Waals surface area contributed by atoms with Crippen molar-refractivity contribution in [2.24, 2.45) is 5.84 Å². The van der Waals surface area contributed by atoms with Crippen LogP contribution in [0.25, 0.3) is 0 Å². The number of nitrogens with zero attached hydrogens (tertiary/aromatic N) is 2. The van der Waals surface area contributed by atoms with E-state index in [0.717, 1.165) is 9.87 Å². The minimum atomic E-state index is -3.77. The maximum absolute atomic E-state index is 12.5. The molecule has 126 valence electrons. The van der Waals surface area contributed by atoms with E-state index in [2.05, 4.69) is 0 Å². The Morgan fingerprint density at radius 3 is 2.57 bits per heavy atom. The zero-order chi connectivity index (χ0) is 17.3. The second kappa shape index (κ2) is 6.48. The fourth-order valence-corrected chi connectivity index (χ4v) is 3.86. The molecule has 1 heterocycles. The normalized spacial score (nSPS) is 24.8. The number of benzene rings is 1. The number of quaternary nitrogens is 1. The van der Waals surface area contributed by atoms with Crippen molar-refractivity contribution < 1.29 is 22.6 Å². The van der Waals surface area contributed by atoms with E-state index in [4.69, 9.17) is 5.84 Å². The number of aryl methyl sites for hydroxylation is 1. The number of rotatable bonds is 5. The van der Waals surface area contributed by atoms with E-state index in [9.17, 15) is 18.0 Å². The van der Waals surface area contributed by atoms with Crippen LogP contribution in [0.3, 0.4) is 0 Å². The molecular weight excluding hydrogens is 318 g/mol. The highest BCUT2D eigenvalue weighted by atomic mass is 32.2. The van der Waals surface area contributed by atoms with E-state index in [1.54, 1.807) is 12.1 Å². The number of aldehydes is 1. The molecule has 7 nitrogen and oxygen atoms in total. The maximum Gasteiger partial charge on any atom is 0.348 e. The number of hydrogen-bond donors (Lipinski definition) is 1. The summed E-state index contributed by atoms with van der Waals surface area (Å²) in [5.41, 5.74) is 0.944. The van der Waals surface area contributed by atoms with Gasteiger partial charge in [-0.05, 0) is 19.1 Å². The van der Waals surface area contributed by atoms with Gasteiger partial charge in [-0.15, -0.1) is 0 Å². The van der Waals surface area contributed by atoms with E-state index >= 15 is 0 Å². The first-order chi connectivity index (χ1) is 10.7. The summed E-state index contributed by atoms with van der Waals surface area (Å²) < 4.78 is 25.5. The van der Waals surface area contributed by atoms with Gasteiger partial charge in [0.05, 0.1) is 4.90 Å². The summed E-state index contributed by atoms with van der Waals surface area (Å²) in [7, 11) is -2.43. The molecule has 1 amide bonds. The molecule has 1 saturated heterocycles. The van der Waals surface area contributed by atoms with E-state index in [0.29, 0.717) is 25.7 Å². The molecule has 0 aliphatic carbocycles. The molecule has 2 N–H and O–H groups in total. The molecule has 1 aromatic rings. The molecule has 0 radical (unpaired) electrons. The van der Waals surface area contributed by atoms with Crippen LogP contribution < -0.4 is 5.84 Å². The molecule has 1 aliphatic rings. The average Bonchev–Trinajstić information content (AvgIpc) is 2.90. The second-order valence-corrected chi connectivity index (χ2v) is 8.01. The Balaban J connectivity index is 2.17. The summed E-state index contributed by atoms with van der Waals surface area (Å²) in [6.45, 7) is 1.84. The Hall–Kier alpha value is -1.61. The smallest absolute Gasteiger partial charge is 0.297 e. The van der Waals surface area contributed by atoms with Gasteiger partial charge in [-0.2, -0.15) is 14.7 Å².